The van der Waals surface area contributed by atoms with E-state index < -0.39 is 0 Å². The van der Waals surface area contributed by atoms with E-state index in [4.69, 9.17) is 18.9 Å². The predicted octanol–water partition coefficient (Wildman–Crippen LogP) is 2.67. The third-order valence-electron chi connectivity index (χ3n) is 6.91. The first kappa shape index (κ1) is 23.3. The molecule has 0 aromatic heterocycles. The molecule has 1 unspecified atom stereocenters. The summed E-state index contributed by atoms with van der Waals surface area (Å²) < 4.78 is 21.6. The van der Waals surface area contributed by atoms with Gasteiger partial charge >= 0.3 is 0 Å². The van der Waals surface area contributed by atoms with Crippen molar-refractivity contribution < 1.29 is 28.5 Å². The average Bonchev–Trinajstić information content (AvgIpc) is 3.35. The Labute approximate surface area is 204 Å². The summed E-state index contributed by atoms with van der Waals surface area (Å²) in [5.74, 6) is 2.65. The number of fused-ring (bicyclic) bond motifs is 2. The second-order valence-corrected chi connectivity index (χ2v) is 9.18. The van der Waals surface area contributed by atoms with E-state index in [0.29, 0.717) is 48.3 Å². The number of nitrogens with one attached hydrogen (secondary N) is 1. The molecule has 0 bridgehead atoms. The van der Waals surface area contributed by atoms with Crippen LogP contribution in [0, 0.1) is 5.92 Å². The van der Waals surface area contributed by atoms with Gasteiger partial charge in [0.15, 0.2) is 23.0 Å². The van der Waals surface area contributed by atoms with Crippen LogP contribution in [0.1, 0.15) is 24.0 Å². The van der Waals surface area contributed by atoms with E-state index in [9.17, 15) is 9.59 Å². The Morgan fingerprint density at radius 3 is 2.60 bits per heavy atom. The monoisotopic (exact) mass is 481 g/mol. The minimum Gasteiger partial charge on any atom is -0.493 e. The lowest BCUT2D eigenvalue weighted by Gasteiger charge is -2.36. The Balaban J connectivity index is 1.17. The molecule has 186 valence electrons. The van der Waals surface area contributed by atoms with Crippen molar-refractivity contribution in [3.8, 4) is 23.0 Å². The smallest absolute Gasteiger partial charge is 0.238 e. The fraction of sp³-hybridized carbons (Fsp3) is 0.462. The highest BCUT2D eigenvalue weighted by molar-refractivity contribution is 5.92. The zero-order valence-electron chi connectivity index (χ0n) is 20.2. The van der Waals surface area contributed by atoms with E-state index in [-0.39, 0.29) is 31.1 Å². The SMILES string of the molecule is COc1cc2c(cc1OC)CN(C(=O)C1CCCN(CC(=O)Nc3ccc4c(c3)OCO4)C1)CC2. The van der Waals surface area contributed by atoms with Gasteiger partial charge in [0.05, 0.1) is 26.7 Å². The average molecular weight is 482 g/mol. The van der Waals surface area contributed by atoms with E-state index in [1.54, 1.807) is 32.4 Å². The van der Waals surface area contributed by atoms with Crippen LogP contribution in [0.15, 0.2) is 30.3 Å². The maximum atomic E-state index is 13.4. The van der Waals surface area contributed by atoms with Crippen LogP contribution in [0.5, 0.6) is 23.0 Å². The van der Waals surface area contributed by atoms with Crippen molar-refractivity contribution in [1.82, 2.24) is 9.80 Å². The topological polar surface area (TPSA) is 89.6 Å². The number of carbonyl (C=O) groups is 2. The van der Waals surface area contributed by atoms with Crippen molar-refractivity contribution >= 4 is 17.5 Å². The molecule has 35 heavy (non-hydrogen) atoms. The minimum absolute atomic E-state index is 0.107. The van der Waals surface area contributed by atoms with Crippen molar-refractivity contribution in [3.63, 3.8) is 0 Å². The minimum atomic E-state index is -0.108. The van der Waals surface area contributed by atoms with Gasteiger partial charge in [-0.2, -0.15) is 0 Å². The highest BCUT2D eigenvalue weighted by Gasteiger charge is 2.32. The lowest BCUT2D eigenvalue weighted by Crippen LogP contribution is -2.47. The van der Waals surface area contributed by atoms with Gasteiger partial charge in [-0.05, 0) is 61.2 Å². The van der Waals surface area contributed by atoms with Crippen LogP contribution >= 0.6 is 0 Å². The molecule has 2 amide bonds. The van der Waals surface area contributed by atoms with Gasteiger partial charge < -0.3 is 29.2 Å². The zero-order valence-corrected chi connectivity index (χ0v) is 20.2. The lowest BCUT2D eigenvalue weighted by atomic mass is 9.93. The molecule has 1 saturated heterocycles. The number of rotatable bonds is 6. The lowest BCUT2D eigenvalue weighted by molar-refractivity contribution is -0.138. The molecule has 2 aromatic rings. The summed E-state index contributed by atoms with van der Waals surface area (Å²) in [4.78, 5) is 30.1. The number of methoxy groups -OCH3 is 2. The van der Waals surface area contributed by atoms with Gasteiger partial charge in [-0.25, -0.2) is 0 Å². The predicted molar refractivity (Wildman–Crippen MR) is 129 cm³/mol. The third-order valence-corrected chi connectivity index (χ3v) is 6.91. The summed E-state index contributed by atoms with van der Waals surface area (Å²) in [6.45, 7) is 3.08. The van der Waals surface area contributed by atoms with Gasteiger partial charge in [-0.1, -0.05) is 0 Å². The van der Waals surface area contributed by atoms with Crippen LogP contribution in [0.2, 0.25) is 0 Å². The number of hydrogen-bond donors (Lipinski definition) is 1. The van der Waals surface area contributed by atoms with Crippen molar-refractivity contribution in [1.29, 1.82) is 0 Å². The van der Waals surface area contributed by atoms with Gasteiger partial charge in [0, 0.05) is 31.4 Å². The van der Waals surface area contributed by atoms with E-state index in [0.717, 1.165) is 31.4 Å². The fourth-order valence-electron chi connectivity index (χ4n) is 5.11. The fourth-order valence-corrected chi connectivity index (χ4v) is 5.11. The van der Waals surface area contributed by atoms with Crippen molar-refractivity contribution in [2.24, 2.45) is 5.92 Å². The Kier molecular flexibility index (Phi) is 6.68. The standard InChI is InChI=1S/C26H31N3O6/c1-32-22-10-17-7-9-29(14-19(17)11-23(22)33-2)26(31)18-4-3-8-28(13-18)15-25(30)27-20-5-6-21-24(12-20)35-16-34-21/h5-6,10-12,18H,3-4,7-9,13-16H2,1-2H3,(H,27,30). The number of hydrogen-bond acceptors (Lipinski definition) is 7. The number of carbonyl (C=O) groups excluding carboxylic acids is 2. The molecule has 5 rings (SSSR count). The normalized spacial score (nSPS) is 19.1. The first-order valence-electron chi connectivity index (χ1n) is 12.0. The number of ether oxygens (including phenoxy) is 4. The Morgan fingerprint density at radius 2 is 1.80 bits per heavy atom. The second kappa shape index (κ2) is 10.0. The number of anilines is 1. The van der Waals surface area contributed by atoms with Gasteiger partial charge in [0.25, 0.3) is 0 Å². The molecular weight excluding hydrogens is 450 g/mol. The molecule has 3 heterocycles. The first-order valence-corrected chi connectivity index (χ1v) is 12.0. The van der Waals surface area contributed by atoms with Crippen molar-refractivity contribution in [2.45, 2.75) is 25.8 Å². The Hall–Kier alpha value is -3.46. The largest absolute Gasteiger partial charge is 0.493 e. The summed E-state index contributed by atoms with van der Waals surface area (Å²) in [6, 6.07) is 9.34. The van der Waals surface area contributed by atoms with Crippen LogP contribution in [-0.2, 0) is 22.6 Å². The molecule has 0 spiro atoms. The number of amides is 2. The molecule has 1 N–H and O–H groups in total. The highest BCUT2D eigenvalue weighted by Crippen LogP contribution is 2.35. The van der Waals surface area contributed by atoms with Crippen LogP contribution in [0.4, 0.5) is 5.69 Å². The molecule has 0 aliphatic carbocycles. The molecule has 9 heteroatoms. The number of likely N-dealkylation sites (tertiary alicyclic amines) is 1. The summed E-state index contributed by atoms with van der Waals surface area (Å²) in [6.07, 6.45) is 2.52. The summed E-state index contributed by atoms with van der Waals surface area (Å²) >= 11 is 0. The van der Waals surface area contributed by atoms with Crippen LogP contribution < -0.4 is 24.3 Å². The maximum absolute atomic E-state index is 13.4. The third kappa shape index (κ3) is 5.00. The molecule has 0 radical (unpaired) electrons. The van der Waals surface area contributed by atoms with E-state index in [1.165, 1.54) is 5.56 Å². The van der Waals surface area contributed by atoms with Gasteiger partial charge in [0.1, 0.15) is 0 Å². The van der Waals surface area contributed by atoms with Gasteiger partial charge in [0.2, 0.25) is 18.6 Å². The van der Waals surface area contributed by atoms with E-state index in [1.807, 2.05) is 17.0 Å². The summed E-state index contributed by atoms with van der Waals surface area (Å²) in [5, 5.41) is 2.92. The Morgan fingerprint density at radius 1 is 1.03 bits per heavy atom. The number of benzene rings is 2. The Bertz CT molecular complexity index is 1120. The van der Waals surface area contributed by atoms with Crippen molar-refractivity contribution in [3.05, 3.63) is 41.5 Å². The highest BCUT2D eigenvalue weighted by atomic mass is 16.7. The molecule has 0 saturated carbocycles. The summed E-state index contributed by atoms with van der Waals surface area (Å²) in [5.41, 5.74) is 2.96. The van der Waals surface area contributed by atoms with Crippen molar-refractivity contribution in [2.75, 3.05) is 52.5 Å². The quantitative estimate of drug-likeness (QED) is 0.679. The molecule has 3 aliphatic rings. The first-order chi connectivity index (χ1) is 17.0. The maximum Gasteiger partial charge on any atom is 0.238 e. The molecule has 2 aromatic carbocycles. The number of nitrogens with zero attached hydrogens (tertiary/aromatic N) is 2. The molecule has 3 aliphatic heterocycles. The number of piperidine rings is 1. The molecule has 9 nitrogen and oxygen atoms in total. The van der Waals surface area contributed by atoms with Crippen LogP contribution in [-0.4, -0.2) is 68.8 Å². The van der Waals surface area contributed by atoms with Gasteiger partial charge in [-0.15, -0.1) is 0 Å². The van der Waals surface area contributed by atoms with E-state index >= 15 is 0 Å². The molecule has 1 atom stereocenters. The zero-order chi connectivity index (χ0) is 24.4. The summed E-state index contributed by atoms with van der Waals surface area (Å²) in [7, 11) is 3.25. The molecule has 1 fully saturated rings. The van der Waals surface area contributed by atoms with E-state index in [2.05, 4.69) is 10.2 Å². The second-order valence-electron chi connectivity index (χ2n) is 9.18. The van der Waals surface area contributed by atoms with Crippen LogP contribution in [0.3, 0.4) is 0 Å². The molecular formula is C26H31N3O6. The van der Waals surface area contributed by atoms with Crippen LogP contribution in [0.25, 0.3) is 0 Å². The van der Waals surface area contributed by atoms with Gasteiger partial charge in [-0.3, -0.25) is 14.5 Å².